The molecule has 3 nitrogen and oxygen atoms in total. The van der Waals surface area contributed by atoms with Crippen LogP contribution in [0.2, 0.25) is 5.15 Å². The normalized spacial score (nSPS) is 13.2. The van der Waals surface area contributed by atoms with Crippen LogP contribution in [0, 0.1) is 12.8 Å². The lowest BCUT2D eigenvalue weighted by atomic mass is 10.0. The van der Waals surface area contributed by atoms with E-state index in [2.05, 4.69) is 12.0 Å². The Balaban J connectivity index is 2.67. The predicted molar refractivity (Wildman–Crippen MR) is 59.5 cm³/mol. The molecule has 1 unspecified atom stereocenters. The zero-order valence-electron chi connectivity index (χ0n) is 9.05. The smallest absolute Gasteiger partial charge is 0.130 e. The summed E-state index contributed by atoms with van der Waals surface area (Å²) in [5.41, 5.74) is 7.75. The molecule has 0 spiro atoms. The number of nitrogens with two attached hydrogens (primary N) is 1. The highest BCUT2D eigenvalue weighted by molar-refractivity contribution is 6.30. The van der Waals surface area contributed by atoms with Gasteiger partial charge in [0, 0.05) is 12.6 Å². The lowest BCUT2D eigenvalue weighted by Gasteiger charge is -2.07. The fourth-order valence-corrected chi connectivity index (χ4v) is 1.74. The zero-order valence-corrected chi connectivity index (χ0v) is 9.80. The van der Waals surface area contributed by atoms with Crippen LogP contribution in [0.1, 0.15) is 24.6 Å². The molecule has 1 rings (SSSR count). The third-order valence-corrected chi connectivity index (χ3v) is 3.03. The first-order chi connectivity index (χ1) is 6.56. The van der Waals surface area contributed by atoms with E-state index in [4.69, 9.17) is 17.3 Å². The van der Waals surface area contributed by atoms with Gasteiger partial charge in [0.2, 0.25) is 0 Å². The molecule has 1 aromatic rings. The Labute approximate surface area is 90.2 Å². The first-order valence-corrected chi connectivity index (χ1v) is 5.32. The predicted octanol–water partition coefficient (Wildman–Crippen LogP) is 1.91. The largest absolute Gasteiger partial charge is 0.330 e. The lowest BCUT2D eigenvalue weighted by molar-refractivity contribution is 0.544. The van der Waals surface area contributed by atoms with Gasteiger partial charge < -0.3 is 5.73 Å². The SMILES string of the molecule is Cc1nn(C)c(Cl)c1CCC(C)CN. The van der Waals surface area contributed by atoms with Gasteiger partial charge in [0.15, 0.2) is 0 Å². The molecule has 1 atom stereocenters. The molecule has 0 fully saturated rings. The Hall–Kier alpha value is -0.540. The van der Waals surface area contributed by atoms with Crippen LogP contribution in [-0.4, -0.2) is 16.3 Å². The van der Waals surface area contributed by atoms with E-state index in [0.29, 0.717) is 5.92 Å². The van der Waals surface area contributed by atoms with Crippen LogP contribution >= 0.6 is 11.6 Å². The van der Waals surface area contributed by atoms with Crippen molar-refractivity contribution < 1.29 is 0 Å². The van der Waals surface area contributed by atoms with Gasteiger partial charge in [-0.15, -0.1) is 0 Å². The summed E-state index contributed by atoms with van der Waals surface area (Å²) < 4.78 is 1.72. The van der Waals surface area contributed by atoms with Gasteiger partial charge in [-0.05, 0) is 32.2 Å². The maximum Gasteiger partial charge on any atom is 0.130 e. The third-order valence-electron chi connectivity index (χ3n) is 2.56. The van der Waals surface area contributed by atoms with Gasteiger partial charge in [-0.3, -0.25) is 4.68 Å². The average Bonchev–Trinajstić information content (AvgIpc) is 2.39. The summed E-state index contributed by atoms with van der Waals surface area (Å²) in [5, 5.41) is 5.02. The van der Waals surface area contributed by atoms with Crippen LogP contribution in [0.15, 0.2) is 0 Å². The molecule has 0 aromatic carbocycles. The van der Waals surface area contributed by atoms with E-state index < -0.39 is 0 Å². The minimum absolute atomic E-state index is 0.547. The Bertz CT molecular complexity index is 307. The van der Waals surface area contributed by atoms with Crippen molar-refractivity contribution in [3.05, 3.63) is 16.4 Å². The molecular weight excluding hydrogens is 198 g/mol. The molecule has 0 saturated carbocycles. The standard InChI is InChI=1S/C10H18ClN3/c1-7(6-12)4-5-9-8(2)13-14(3)10(9)11/h7H,4-6,12H2,1-3H3. The fraction of sp³-hybridized carbons (Fsp3) is 0.700. The molecule has 0 amide bonds. The van der Waals surface area contributed by atoms with E-state index >= 15 is 0 Å². The van der Waals surface area contributed by atoms with E-state index in [1.807, 2.05) is 14.0 Å². The minimum atomic E-state index is 0.547. The summed E-state index contributed by atoms with van der Waals surface area (Å²) in [6.45, 7) is 4.88. The number of rotatable bonds is 4. The summed E-state index contributed by atoms with van der Waals surface area (Å²) >= 11 is 6.11. The van der Waals surface area contributed by atoms with E-state index in [0.717, 1.165) is 35.8 Å². The van der Waals surface area contributed by atoms with Crippen molar-refractivity contribution in [2.45, 2.75) is 26.7 Å². The fourth-order valence-electron chi connectivity index (χ4n) is 1.47. The summed E-state index contributed by atoms with van der Waals surface area (Å²) in [5.74, 6) is 0.547. The first-order valence-electron chi connectivity index (χ1n) is 4.94. The molecule has 0 radical (unpaired) electrons. The van der Waals surface area contributed by atoms with Crippen molar-refractivity contribution >= 4 is 11.6 Å². The molecule has 80 valence electrons. The third kappa shape index (κ3) is 2.49. The van der Waals surface area contributed by atoms with Gasteiger partial charge in [0.05, 0.1) is 5.69 Å². The number of nitrogens with zero attached hydrogens (tertiary/aromatic N) is 2. The Morgan fingerprint density at radius 3 is 2.64 bits per heavy atom. The molecule has 0 aliphatic heterocycles. The summed E-state index contributed by atoms with van der Waals surface area (Å²) in [6.07, 6.45) is 2.04. The monoisotopic (exact) mass is 215 g/mol. The summed E-state index contributed by atoms with van der Waals surface area (Å²) in [7, 11) is 1.87. The average molecular weight is 216 g/mol. The van der Waals surface area contributed by atoms with Crippen LogP contribution in [0.5, 0.6) is 0 Å². The first kappa shape index (κ1) is 11.5. The molecule has 1 heterocycles. The van der Waals surface area contributed by atoms with Gasteiger partial charge in [-0.1, -0.05) is 18.5 Å². The van der Waals surface area contributed by atoms with E-state index in [-0.39, 0.29) is 0 Å². The number of hydrogen-bond donors (Lipinski definition) is 1. The molecule has 14 heavy (non-hydrogen) atoms. The number of halogens is 1. The van der Waals surface area contributed by atoms with Crippen molar-refractivity contribution in [3.63, 3.8) is 0 Å². The van der Waals surface area contributed by atoms with E-state index in [9.17, 15) is 0 Å². The molecule has 0 bridgehead atoms. The van der Waals surface area contributed by atoms with Crippen molar-refractivity contribution in [2.24, 2.45) is 18.7 Å². The highest BCUT2D eigenvalue weighted by Crippen LogP contribution is 2.21. The molecule has 0 saturated heterocycles. The maximum absolute atomic E-state index is 6.11. The molecule has 2 N–H and O–H groups in total. The van der Waals surface area contributed by atoms with E-state index in [1.165, 1.54) is 0 Å². The number of aromatic nitrogens is 2. The van der Waals surface area contributed by atoms with Gasteiger partial charge >= 0.3 is 0 Å². The number of aryl methyl sites for hydroxylation is 2. The van der Waals surface area contributed by atoms with Gasteiger partial charge in [0.1, 0.15) is 5.15 Å². The van der Waals surface area contributed by atoms with Crippen molar-refractivity contribution in [2.75, 3.05) is 6.54 Å². The van der Waals surface area contributed by atoms with Crippen LogP contribution in [-0.2, 0) is 13.5 Å². The lowest BCUT2D eigenvalue weighted by Crippen LogP contribution is -2.11. The quantitative estimate of drug-likeness (QED) is 0.834. The summed E-state index contributed by atoms with van der Waals surface area (Å²) in [4.78, 5) is 0. The topological polar surface area (TPSA) is 43.8 Å². The number of hydrogen-bond acceptors (Lipinski definition) is 2. The van der Waals surface area contributed by atoms with Crippen LogP contribution in [0.25, 0.3) is 0 Å². The van der Waals surface area contributed by atoms with Crippen LogP contribution in [0.3, 0.4) is 0 Å². The van der Waals surface area contributed by atoms with Crippen LogP contribution < -0.4 is 5.73 Å². The van der Waals surface area contributed by atoms with Gasteiger partial charge in [0.25, 0.3) is 0 Å². The minimum Gasteiger partial charge on any atom is -0.330 e. The maximum atomic E-state index is 6.11. The van der Waals surface area contributed by atoms with Gasteiger partial charge in [-0.2, -0.15) is 5.10 Å². The van der Waals surface area contributed by atoms with Crippen molar-refractivity contribution in [3.8, 4) is 0 Å². The molecule has 4 heteroatoms. The summed E-state index contributed by atoms with van der Waals surface area (Å²) in [6, 6.07) is 0. The Morgan fingerprint density at radius 1 is 1.57 bits per heavy atom. The Kier molecular flexibility index (Phi) is 3.96. The molecule has 1 aromatic heterocycles. The molecule has 0 aliphatic carbocycles. The second kappa shape index (κ2) is 4.80. The van der Waals surface area contributed by atoms with Crippen molar-refractivity contribution in [1.82, 2.24) is 9.78 Å². The highest BCUT2D eigenvalue weighted by Gasteiger charge is 2.11. The second-order valence-corrected chi connectivity index (χ2v) is 4.22. The zero-order chi connectivity index (χ0) is 10.7. The second-order valence-electron chi connectivity index (χ2n) is 3.86. The molecular formula is C10H18ClN3. The van der Waals surface area contributed by atoms with Gasteiger partial charge in [-0.25, -0.2) is 0 Å². The molecule has 0 aliphatic rings. The van der Waals surface area contributed by atoms with Crippen LogP contribution in [0.4, 0.5) is 0 Å². The van der Waals surface area contributed by atoms with E-state index in [1.54, 1.807) is 4.68 Å². The Morgan fingerprint density at radius 2 is 2.21 bits per heavy atom. The highest BCUT2D eigenvalue weighted by atomic mass is 35.5. The van der Waals surface area contributed by atoms with Crippen molar-refractivity contribution in [1.29, 1.82) is 0 Å².